The molecule has 0 aromatic heterocycles. The maximum Gasteiger partial charge on any atom is 0.127 e. The Morgan fingerprint density at radius 2 is 2.29 bits per heavy atom. The van der Waals surface area contributed by atoms with Crippen LogP contribution >= 0.6 is 0 Å². The lowest BCUT2D eigenvalue weighted by Crippen LogP contribution is -2.43. The van der Waals surface area contributed by atoms with Gasteiger partial charge >= 0.3 is 0 Å². The van der Waals surface area contributed by atoms with Gasteiger partial charge in [-0.3, -0.25) is 4.90 Å². The molecular formula is C13H19FN2O. The Hall–Kier alpha value is -1.13. The first kappa shape index (κ1) is 12.3. The molecule has 1 unspecified atom stereocenters. The topological polar surface area (TPSA) is 35.5 Å². The van der Waals surface area contributed by atoms with Crippen molar-refractivity contribution in [1.82, 2.24) is 10.2 Å². The van der Waals surface area contributed by atoms with E-state index in [1.54, 1.807) is 6.07 Å². The molecule has 0 aliphatic carbocycles. The van der Waals surface area contributed by atoms with Gasteiger partial charge in [0.1, 0.15) is 11.6 Å². The summed E-state index contributed by atoms with van der Waals surface area (Å²) in [6, 6.07) is 4.77. The molecule has 0 spiro atoms. The van der Waals surface area contributed by atoms with Gasteiger partial charge in [0.25, 0.3) is 0 Å². The molecule has 94 valence electrons. The van der Waals surface area contributed by atoms with Crippen LogP contribution in [0.25, 0.3) is 0 Å². The number of hydrogen-bond donors (Lipinski definition) is 2. The van der Waals surface area contributed by atoms with E-state index >= 15 is 0 Å². The summed E-state index contributed by atoms with van der Waals surface area (Å²) >= 11 is 0. The molecule has 2 rings (SSSR count). The minimum absolute atomic E-state index is 0.00201. The van der Waals surface area contributed by atoms with Crippen molar-refractivity contribution < 1.29 is 9.50 Å². The maximum absolute atomic E-state index is 13.1. The fraction of sp³-hybridized carbons (Fsp3) is 0.538. The van der Waals surface area contributed by atoms with Gasteiger partial charge in [0, 0.05) is 25.2 Å². The molecule has 1 heterocycles. The lowest BCUT2D eigenvalue weighted by molar-refractivity contribution is 0.187. The number of benzene rings is 1. The highest BCUT2D eigenvalue weighted by atomic mass is 19.1. The van der Waals surface area contributed by atoms with Crippen molar-refractivity contribution in [2.45, 2.75) is 25.4 Å². The second-order valence-electron chi connectivity index (χ2n) is 4.68. The molecule has 0 saturated carbocycles. The second kappa shape index (κ2) is 5.47. The number of hydrogen-bond acceptors (Lipinski definition) is 3. The molecule has 1 aliphatic heterocycles. The van der Waals surface area contributed by atoms with Crippen molar-refractivity contribution in [2.24, 2.45) is 0 Å². The van der Waals surface area contributed by atoms with Gasteiger partial charge < -0.3 is 10.4 Å². The van der Waals surface area contributed by atoms with Crippen molar-refractivity contribution >= 4 is 0 Å². The Morgan fingerprint density at radius 3 is 3.00 bits per heavy atom. The third-order valence-electron chi connectivity index (χ3n) is 3.26. The zero-order valence-corrected chi connectivity index (χ0v) is 10.1. The first-order valence-electron chi connectivity index (χ1n) is 6.05. The van der Waals surface area contributed by atoms with Gasteiger partial charge in [-0.15, -0.1) is 0 Å². The van der Waals surface area contributed by atoms with Gasteiger partial charge in [0.05, 0.1) is 0 Å². The quantitative estimate of drug-likeness (QED) is 0.841. The van der Waals surface area contributed by atoms with Crippen LogP contribution in [0.1, 0.15) is 18.4 Å². The van der Waals surface area contributed by atoms with Gasteiger partial charge in [-0.2, -0.15) is 0 Å². The third-order valence-corrected chi connectivity index (χ3v) is 3.26. The van der Waals surface area contributed by atoms with Gasteiger partial charge in [-0.05, 0) is 44.1 Å². The van der Waals surface area contributed by atoms with Crippen LogP contribution in [0.5, 0.6) is 5.75 Å². The van der Waals surface area contributed by atoms with Crippen molar-refractivity contribution in [2.75, 3.05) is 20.1 Å². The summed E-state index contributed by atoms with van der Waals surface area (Å²) < 4.78 is 13.1. The highest BCUT2D eigenvalue weighted by Crippen LogP contribution is 2.18. The van der Waals surface area contributed by atoms with Crippen LogP contribution in [-0.2, 0) is 6.54 Å². The van der Waals surface area contributed by atoms with Crippen LogP contribution in [0.4, 0.5) is 4.39 Å². The highest BCUT2D eigenvalue weighted by Gasteiger charge is 2.18. The molecule has 1 fully saturated rings. The number of nitrogens with zero attached hydrogens (tertiary/aromatic N) is 1. The average molecular weight is 238 g/mol. The lowest BCUT2D eigenvalue weighted by atomic mass is 10.0. The predicted molar refractivity (Wildman–Crippen MR) is 65.4 cm³/mol. The van der Waals surface area contributed by atoms with Crippen molar-refractivity contribution in [3.05, 3.63) is 29.6 Å². The minimum Gasteiger partial charge on any atom is -0.508 e. The second-order valence-corrected chi connectivity index (χ2v) is 4.68. The molecule has 3 nitrogen and oxygen atoms in total. The molecule has 1 aromatic carbocycles. The van der Waals surface area contributed by atoms with Crippen LogP contribution in [0.3, 0.4) is 0 Å². The summed E-state index contributed by atoms with van der Waals surface area (Å²) in [5.41, 5.74) is 0.833. The fourth-order valence-electron chi connectivity index (χ4n) is 2.42. The molecule has 0 bridgehead atoms. The molecule has 1 aromatic rings. The Kier molecular flexibility index (Phi) is 3.97. The van der Waals surface area contributed by atoms with E-state index in [1.165, 1.54) is 12.5 Å². The number of halogens is 1. The fourth-order valence-corrected chi connectivity index (χ4v) is 2.42. The van der Waals surface area contributed by atoms with Crippen LogP contribution in [0.15, 0.2) is 18.2 Å². The average Bonchev–Trinajstić information content (AvgIpc) is 2.28. The highest BCUT2D eigenvalue weighted by molar-refractivity contribution is 5.28. The van der Waals surface area contributed by atoms with Crippen molar-refractivity contribution in [1.29, 1.82) is 0 Å². The number of phenolic OH excluding ortho intramolecular Hbond substituents is 1. The van der Waals surface area contributed by atoms with E-state index in [1.807, 2.05) is 7.05 Å². The molecule has 0 radical (unpaired) electrons. The Bertz CT molecular complexity index is 363. The van der Waals surface area contributed by atoms with Crippen molar-refractivity contribution in [3.8, 4) is 5.75 Å². The number of likely N-dealkylation sites (N-methyl/N-ethyl adjacent to an activating group) is 1. The Labute approximate surface area is 101 Å². The molecule has 17 heavy (non-hydrogen) atoms. The summed E-state index contributed by atoms with van der Waals surface area (Å²) in [6.45, 7) is 2.72. The lowest BCUT2D eigenvalue weighted by Gasteiger charge is -2.32. The predicted octanol–water partition coefficient (Wildman–Crippen LogP) is 1.72. The van der Waals surface area contributed by atoms with E-state index < -0.39 is 0 Å². The molecular weight excluding hydrogens is 219 g/mol. The number of rotatable bonds is 3. The van der Waals surface area contributed by atoms with Crippen molar-refractivity contribution in [3.63, 3.8) is 0 Å². The Balaban J connectivity index is 2.00. The standard InChI is InChI=1S/C13H19FN2O/c1-15-12-3-2-4-16(9-12)8-10-5-11(14)7-13(17)6-10/h5-7,12,15,17H,2-4,8-9H2,1H3. The van der Waals surface area contributed by atoms with Gasteiger partial charge in [0.15, 0.2) is 0 Å². The molecule has 1 atom stereocenters. The van der Waals surface area contributed by atoms with Gasteiger partial charge in [-0.25, -0.2) is 4.39 Å². The summed E-state index contributed by atoms with van der Waals surface area (Å²) in [6.07, 6.45) is 2.36. The summed E-state index contributed by atoms with van der Waals surface area (Å²) in [7, 11) is 1.97. The van der Waals surface area contributed by atoms with E-state index in [0.29, 0.717) is 12.6 Å². The number of aromatic hydroxyl groups is 1. The summed E-state index contributed by atoms with van der Waals surface area (Å²) in [5.74, 6) is -0.371. The number of nitrogens with one attached hydrogen (secondary N) is 1. The monoisotopic (exact) mass is 238 g/mol. The minimum atomic E-state index is -0.373. The number of phenols is 1. The number of likely N-dealkylation sites (tertiary alicyclic amines) is 1. The van der Waals surface area contributed by atoms with E-state index in [2.05, 4.69) is 10.2 Å². The van der Waals surface area contributed by atoms with Crippen LogP contribution < -0.4 is 5.32 Å². The van der Waals surface area contributed by atoms with E-state index in [4.69, 9.17) is 0 Å². The van der Waals surface area contributed by atoms with Crippen LogP contribution in [-0.4, -0.2) is 36.2 Å². The van der Waals surface area contributed by atoms with Crippen LogP contribution in [0, 0.1) is 5.82 Å². The number of piperidine rings is 1. The molecule has 0 amide bonds. The SMILES string of the molecule is CNC1CCCN(Cc2cc(O)cc(F)c2)C1. The third kappa shape index (κ3) is 3.41. The first-order chi connectivity index (χ1) is 8.17. The summed E-state index contributed by atoms with van der Waals surface area (Å²) in [5, 5.41) is 12.6. The Morgan fingerprint density at radius 1 is 1.47 bits per heavy atom. The largest absolute Gasteiger partial charge is 0.508 e. The molecule has 4 heteroatoms. The maximum atomic E-state index is 13.1. The summed E-state index contributed by atoms with van der Waals surface area (Å²) in [4.78, 5) is 2.29. The molecule has 1 aliphatic rings. The molecule has 1 saturated heterocycles. The first-order valence-corrected chi connectivity index (χ1v) is 6.05. The zero-order chi connectivity index (χ0) is 12.3. The van der Waals surface area contributed by atoms with E-state index in [0.717, 1.165) is 31.1 Å². The smallest absolute Gasteiger partial charge is 0.127 e. The van der Waals surface area contributed by atoms with Gasteiger partial charge in [0.2, 0.25) is 0 Å². The zero-order valence-electron chi connectivity index (χ0n) is 10.1. The van der Waals surface area contributed by atoms with E-state index in [-0.39, 0.29) is 11.6 Å². The van der Waals surface area contributed by atoms with E-state index in [9.17, 15) is 9.50 Å². The molecule has 2 N–H and O–H groups in total. The van der Waals surface area contributed by atoms with Crippen LogP contribution in [0.2, 0.25) is 0 Å². The normalized spacial score (nSPS) is 21.6. The van der Waals surface area contributed by atoms with Gasteiger partial charge in [-0.1, -0.05) is 0 Å².